The monoisotopic (exact) mass is 309 g/mol. The molecule has 4 nitrogen and oxygen atoms in total. The van der Waals surface area contributed by atoms with Crippen LogP contribution in [0.3, 0.4) is 0 Å². The van der Waals surface area contributed by atoms with Gasteiger partial charge in [0.15, 0.2) is 0 Å². The van der Waals surface area contributed by atoms with Crippen LogP contribution in [0.25, 0.3) is 0 Å². The van der Waals surface area contributed by atoms with Gasteiger partial charge in [0.2, 0.25) is 10.0 Å². The van der Waals surface area contributed by atoms with Crippen molar-refractivity contribution in [3.8, 4) is 5.75 Å². The quantitative estimate of drug-likeness (QED) is 0.811. The van der Waals surface area contributed by atoms with E-state index in [2.05, 4.69) is 13.8 Å². The molecule has 1 saturated carbocycles. The summed E-state index contributed by atoms with van der Waals surface area (Å²) in [5.74, 6) is 0.828. The fourth-order valence-corrected chi connectivity index (χ4v) is 5.18. The summed E-state index contributed by atoms with van der Waals surface area (Å²) in [6, 6.07) is 5.59. The molecule has 1 heterocycles. The van der Waals surface area contributed by atoms with Crippen LogP contribution in [0.15, 0.2) is 23.1 Å². The Morgan fingerprint density at radius 3 is 2.62 bits per heavy atom. The average Bonchev–Trinajstić information content (AvgIpc) is 3.19. The van der Waals surface area contributed by atoms with E-state index in [9.17, 15) is 8.42 Å². The molecule has 1 fully saturated rings. The van der Waals surface area contributed by atoms with Crippen LogP contribution in [0.1, 0.15) is 45.1 Å². The van der Waals surface area contributed by atoms with Crippen LogP contribution in [0, 0.1) is 0 Å². The third-order valence-electron chi connectivity index (χ3n) is 4.45. The molecule has 116 valence electrons. The van der Waals surface area contributed by atoms with Gasteiger partial charge in [-0.15, -0.1) is 0 Å². The fraction of sp³-hybridized carbons (Fsp3) is 0.625. The molecule has 0 bridgehead atoms. The maximum atomic E-state index is 13.1. The molecule has 0 amide bonds. The summed E-state index contributed by atoms with van der Waals surface area (Å²) in [6.07, 6.45) is 4.50. The van der Waals surface area contributed by atoms with Gasteiger partial charge in [0.25, 0.3) is 0 Å². The van der Waals surface area contributed by atoms with Crippen LogP contribution < -0.4 is 4.74 Å². The third-order valence-corrected chi connectivity index (χ3v) is 6.45. The van der Waals surface area contributed by atoms with Crippen molar-refractivity contribution < 1.29 is 13.2 Å². The van der Waals surface area contributed by atoms with Gasteiger partial charge in [-0.2, -0.15) is 4.31 Å². The number of hydrogen-bond donors (Lipinski definition) is 0. The molecule has 5 heteroatoms. The minimum absolute atomic E-state index is 0.104. The number of benzene rings is 1. The van der Waals surface area contributed by atoms with E-state index in [0.29, 0.717) is 11.5 Å². The summed E-state index contributed by atoms with van der Waals surface area (Å²) < 4.78 is 33.4. The zero-order valence-corrected chi connectivity index (χ0v) is 13.5. The van der Waals surface area contributed by atoms with Crippen molar-refractivity contribution in [2.45, 2.75) is 62.9 Å². The standard InChI is InChI=1S/C16H23NO3S/c1-3-13(4-2)17(14-5-6-14)21(18,19)15-7-8-16-12(11-15)9-10-20-16/h7-8,11,13-14H,3-6,9-10H2,1-2H3. The molecule has 0 atom stereocenters. The van der Waals surface area contributed by atoms with Crippen molar-refractivity contribution in [3.63, 3.8) is 0 Å². The Hall–Kier alpha value is -1.07. The van der Waals surface area contributed by atoms with Gasteiger partial charge in [-0.25, -0.2) is 8.42 Å². The Kier molecular flexibility index (Phi) is 3.97. The Labute approximate surface area is 127 Å². The van der Waals surface area contributed by atoms with Crippen LogP contribution in [-0.4, -0.2) is 31.4 Å². The van der Waals surface area contributed by atoms with E-state index in [0.717, 1.165) is 43.4 Å². The Morgan fingerprint density at radius 2 is 2.00 bits per heavy atom. The van der Waals surface area contributed by atoms with Gasteiger partial charge in [0.1, 0.15) is 5.75 Å². The highest BCUT2D eigenvalue weighted by molar-refractivity contribution is 7.89. The van der Waals surface area contributed by atoms with Crippen molar-refractivity contribution in [2.24, 2.45) is 0 Å². The van der Waals surface area contributed by atoms with Crippen molar-refractivity contribution in [1.82, 2.24) is 4.31 Å². The van der Waals surface area contributed by atoms with Crippen molar-refractivity contribution in [2.75, 3.05) is 6.61 Å². The molecule has 0 N–H and O–H groups in total. The first kappa shape index (κ1) is 14.9. The molecular formula is C16H23NO3S. The number of hydrogen-bond acceptors (Lipinski definition) is 3. The van der Waals surface area contributed by atoms with E-state index in [1.54, 1.807) is 22.5 Å². The lowest BCUT2D eigenvalue weighted by Gasteiger charge is -2.29. The minimum atomic E-state index is -3.41. The first-order valence-electron chi connectivity index (χ1n) is 7.87. The number of fused-ring (bicyclic) bond motifs is 1. The topological polar surface area (TPSA) is 46.6 Å². The molecule has 21 heavy (non-hydrogen) atoms. The number of nitrogens with zero attached hydrogens (tertiary/aromatic N) is 1. The Balaban J connectivity index is 1.97. The molecule has 1 aliphatic carbocycles. The fourth-order valence-electron chi connectivity index (χ4n) is 3.11. The van der Waals surface area contributed by atoms with Crippen molar-refractivity contribution >= 4 is 10.0 Å². The molecule has 0 unspecified atom stereocenters. The molecule has 0 aromatic heterocycles. The van der Waals surface area contributed by atoms with Gasteiger partial charge in [-0.3, -0.25) is 0 Å². The maximum absolute atomic E-state index is 13.1. The van der Waals surface area contributed by atoms with Crippen LogP contribution in [-0.2, 0) is 16.4 Å². The van der Waals surface area contributed by atoms with Gasteiger partial charge in [-0.1, -0.05) is 13.8 Å². The lowest BCUT2D eigenvalue weighted by atomic mass is 10.2. The van der Waals surface area contributed by atoms with E-state index in [4.69, 9.17) is 4.74 Å². The minimum Gasteiger partial charge on any atom is -0.493 e. The van der Waals surface area contributed by atoms with Crippen LogP contribution in [0.2, 0.25) is 0 Å². The molecule has 0 radical (unpaired) electrons. The largest absolute Gasteiger partial charge is 0.493 e. The number of sulfonamides is 1. The predicted molar refractivity (Wildman–Crippen MR) is 82.1 cm³/mol. The highest BCUT2D eigenvalue weighted by Gasteiger charge is 2.41. The normalized spacial score (nSPS) is 18.1. The zero-order chi connectivity index (χ0) is 15.0. The first-order valence-corrected chi connectivity index (χ1v) is 9.31. The molecule has 0 saturated heterocycles. The summed E-state index contributed by atoms with van der Waals surface area (Å²) in [6.45, 7) is 4.78. The van der Waals surface area contributed by atoms with Gasteiger partial charge in [0, 0.05) is 18.5 Å². The van der Waals surface area contributed by atoms with Gasteiger partial charge >= 0.3 is 0 Å². The van der Waals surface area contributed by atoms with E-state index in [1.165, 1.54) is 0 Å². The second-order valence-corrected chi connectivity index (χ2v) is 7.75. The molecule has 3 rings (SSSR count). The zero-order valence-electron chi connectivity index (χ0n) is 12.7. The maximum Gasteiger partial charge on any atom is 0.243 e. The molecule has 2 aliphatic rings. The van der Waals surface area contributed by atoms with Crippen molar-refractivity contribution in [3.05, 3.63) is 23.8 Å². The van der Waals surface area contributed by atoms with E-state index >= 15 is 0 Å². The Morgan fingerprint density at radius 1 is 1.29 bits per heavy atom. The molecule has 1 aromatic rings. The molecule has 1 aromatic carbocycles. The average molecular weight is 309 g/mol. The van der Waals surface area contributed by atoms with E-state index < -0.39 is 10.0 Å². The second-order valence-electron chi connectivity index (χ2n) is 5.90. The predicted octanol–water partition coefficient (Wildman–Crippen LogP) is 2.96. The van der Waals surface area contributed by atoms with Crippen LogP contribution >= 0.6 is 0 Å². The van der Waals surface area contributed by atoms with Gasteiger partial charge < -0.3 is 4.74 Å². The van der Waals surface area contributed by atoms with Gasteiger partial charge in [-0.05, 0) is 49.4 Å². The first-order chi connectivity index (χ1) is 10.1. The summed E-state index contributed by atoms with van der Waals surface area (Å²) in [4.78, 5) is 0.422. The second kappa shape index (κ2) is 5.61. The smallest absolute Gasteiger partial charge is 0.243 e. The van der Waals surface area contributed by atoms with E-state index in [1.807, 2.05) is 0 Å². The number of rotatable bonds is 6. The Bertz CT molecular complexity index is 618. The summed E-state index contributed by atoms with van der Waals surface area (Å²) in [7, 11) is -3.41. The van der Waals surface area contributed by atoms with E-state index in [-0.39, 0.29) is 12.1 Å². The molecule has 0 spiro atoms. The van der Waals surface area contributed by atoms with Crippen molar-refractivity contribution in [1.29, 1.82) is 0 Å². The summed E-state index contributed by atoms with van der Waals surface area (Å²) in [5.41, 5.74) is 1.01. The lowest BCUT2D eigenvalue weighted by molar-refractivity contribution is 0.295. The third kappa shape index (κ3) is 2.69. The summed E-state index contributed by atoms with van der Waals surface area (Å²) in [5, 5.41) is 0. The summed E-state index contributed by atoms with van der Waals surface area (Å²) >= 11 is 0. The van der Waals surface area contributed by atoms with Crippen LogP contribution in [0.5, 0.6) is 5.75 Å². The highest BCUT2D eigenvalue weighted by Crippen LogP contribution is 2.37. The van der Waals surface area contributed by atoms with Crippen LogP contribution in [0.4, 0.5) is 0 Å². The molecule has 1 aliphatic heterocycles. The highest BCUT2D eigenvalue weighted by atomic mass is 32.2. The van der Waals surface area contributed by atoms with Gasteiger partial charge in [0.05, 0.1) is 11.5 Å². The SMILES string of the molecule is CCC(CC)N(C1CC1)S(=O)(=O)c1ccc2c(c1)CCO2. The number of ether oxygens (including phenoxy) is 1. The lowest BCUT2D eigenvalue weighted by Crippen LogP contribution is -2.41. The molecular weight excluding hydrogens is 286 g/mol.